The van der Waals surface area contributed by atoms with Crippen LogP contribution in [0.15, 0.2) is 24.3 Å². The van der Waals surface area contributed by atoms with Crippen molar-refractivity contribution in [1.82, 2.24) is 0 Å². The topological polar surface area (TPSA) is 0 Å². The van der Waals surface area contributed by atoms with Crippen molar-refractivity contribution in [2.24, 2.45) is 0 Å². The summed E-state index contributed by atoms with van der Waals surface area (Å²) in [4.78, 5) is 0. The van der Waals surface area contributed by atoms with E-state index < -0.39 is 11.7 Å². The first kappa shape index (κ1) is 8.66. The van der Waals surface area contributed by atoms with Crippen molar-refractivity contribution in [2.45, 2.75) is 6.18 Å². The Kier molecular flexibility index (Phi) is 2.28. The van der Waals surface area contributed by atoms with E-state index in [0.29, 0.717) is 0 Å². The second kappa shape index (κ2) is 2.90. The first-order valence-electron chi connectivity index (χ1n) is 2.89. The molecule has 0 aliphatic rings. The van der Waals surface area contributed by atoms with Gasteiger partial charge in [-0.05, 0) is 0 Å². The number of hydrogen-bond acceptors (Lipinski definition) is 0. The van der Waals surface area contributed by atoms with Crippen LogP contribution in [0, 0.1) is 0 Å². The predicted molar refractivity (Wildman–Crippen MR) is 38.2 cm³/mol. The third-order valence-corrected chi connectivity index (χ3v) is 2.15. The van der Waals surface area contributed by atoms with E-state index >= 15 is 0 Å². The molecule has 0 unspecified atom stereocenters. The average Bonchev–Trinajstić information content (AvgIpc) is 1.86. The molecule has 0 nitrogen and oxygen atoms in total. The number of rotatable bonds is 0. The fourth-order valence-corrected chi connectivity index (χ4v) is 1.40. The van der Waals surface area contributed by atoms with Crippen molar-refractivity contribution >= 4 is 21.2 Å². The summed E-state index contributed by atoms with van der Waals surface area (Å²) in [6.07, 6.45) is -4.22. The van der Waals surface area contributed by atoms with Crippen LogP contribution in [0.1, 0.15) is 5.56 Å². The Balaban J connectivity index is 3.14. The molecule has 0 spiro atoms. The Bertz CT molecular complexity index is 254. The van der Waals surface area contributed by atoms with Gasteiger partial charge in [0, 0.05) is 0 Å². The number of hydrogen-bond donors (Lipinski definition) is 0. The van der Waals surface area contributed by atoms with Crippen molar-refractivity contribution in [1.29, 1.82) is 0 Å². The molecule has 1 aromatic rings. The van der Waals surface area contributed by atoms with Crippen LogP contribution in [0.3, 0.4) is 0 Å². The summed E-state index contributed by atoms with van der Waals surface area (Å²) in [5, 5.41) is 0. The van der Waals surface area contributed by atoms with Gasteiger partial charge in [0.25, 0.3) is 0 Å². The molecule has 0 saturated heterocycles. The Hall–Kier alpha value is -0.432. The molecule has 0 aromatic heterocycles. The van der Waals surface area contributed by atoms with Crippen LogP contribution in [-0.2, 0) is 6.18 Å². The van der Waals surface area contributed by atoms with E-state index in [2.05, 4.69) is 0 Å². The molecule has 1 aromatic carbocycles. The summed E-state index contributed by atoms with van der Waals surface area (Å²) in [5.74, 6) is 0. The van der Waals surface area contributed by atoms with Gasteiger partial charge in [-0.25, -0.2) is 0 Å². The first-order valence-corrected chi connectivity index (χ1v) is 3.94. The molecule has 0 aliphatic heterocycles. The summed E-state index contributed by atoms with van der Waals surface area (Å²) in [6.45, 7) is 0. The van der Waals surface area contributed by atoms with E-state index in [-0.39, 0.29) is 4.35 Å². The molecule has 0 fully saturated rings. The zero-order valence-corrected chi connectivity index (χ0v) is 7.54. The van der Waals surface area contributed by atoms with Gasteiger partial charge in [0.2, 0.25) is 0 Å². The van der Waals surface area contributed by atoms with Crippen molar-refractivity contribution in [3.05, 3.63) is 29.8 Å². The van der Waals surface area contributed by atoms with Crippen molar-refractivity contribution in [3.63, 3.8) is 0 Å². The number of benzene rings is 1. The third-order valence-electron chi connectivity index (χ3n) is 1.23. The monoisotopic (exact) mass is 221 g/mol. The maximum atomic E-state index is 12.0. The Morgan fingerprint density at radius 3 is 2.00 bits per heavy atom. The molecule has 0 atom stereocenters. The quantitative estimate of drug-likeness (QED) is 0.578. The number of alkyl halides is 3. The van der Waals surface area contributed by atoms with E-state index in [4.69, 9.17) is 0 Å². The van der Waals surface area contributed by atoms with E-state index in [1.54, 1.807) is 6.07 Å². The fraction of sp³-hybridized carbons (Fsp3) is 0.143. The van der Waals surface area contributed by atoms with E-state index in [1.165, 1.54) is 29.0 Å². The molecular formula is C7H5AsF3. The zero-order valence-electron chi connectivity index (χ0n) is 5.44. The van der Waals surface area contributed by atoms with Crippen LogP contribution >= 0.6 is 0 Å². The van der Waals surface area contributed by atoms with Crippen LogP contribution < -0.4 is 4.35 Å². The molecular weight excluding hydrogens is 216 g/mol. The van der Waals surface area contributed by atoms with Crippen molar-refractivity contribution < 1.29 is 13.2 Å². The second-order valence-electron chi connectivity index (χ2n) is 2.04. The third kappa shape index (κ3) is 2.00. The molecule has 4 heteroatoms. The molecule has 1 rings (SSSR count). The van der Waals surface area contributed by atoms with Gasteiger partial charge >= 0.3 is 70.4 Å². The average molecular weight is 221 g/mol. The molecule has 59 valence electrons. The molecule has 0 saturated carbocycles. The van der Waals surface area contributed by atoms with Crippen molar-refractivity contribution in [2.75, 3.05) is 0 Å². The van der Waals surface area contributed by atoms with Crippen LogP contribution in [0.25, 0.3) is 0 Å². The van der Waals surface area contributed by atoms with Gasteiger partial charge in [-0.2, -0.15) is 0 Å². The van der Waals surface area contributed by atoms with Gasteiger partial charge in [-0.1, -0.05) is 0 Å². The van der Waals surface area contributed by atoms with Gasteiger partial charge in [-0.3, -0.25) is 0 Å². The minimum atomic E-state index is -4.22. The maximum absolute atomic E-state index is 12.0. The van der Waals surface area contributed by atoms with Gasteiger partial charge in [-0.15, -0.1) is 0 Å². The van der Waals surface area contributed by atoms with E-state index in [9.17, 15) is 13.2 Å². The summed E-state index contributed by atoms with van der Waals surface area (Å²) in [6, 6.07) is 5.50. The molecule has 0 aliphatic carbocycles. The Morgan fingerprint density at radius 1 is 1.09 bits per heavy atom. The molecule has 1 radical (unpaired) electrons. The fourth-order valence-electron chi connectivity index (χ4n) is 0.730. The number of halogens is 3. The summed E-state index contributed by atoms with van der Waals surface area (Å²) in [7, 11) is 0. The Labute approximate surface area is 70.9 Å². The van der Waals surface area contributed by atoms with Gasteiger partial charge in [0.15, 0.2) is 0 Å². The van der Waals surface area contributed by atoms with Crippen LogP contribution in [0.2, 0.25) is 0 Å². The van der Waals surface area contributed by atoms with Crippen LogP contribution in [0.5, 0.6) is 0 Å². The molecule has 11 heavy (non-hydrogen) atoms. The molecule has 0 N–H and O–H groups in total. The summed E-state index contributed by atoms with van der Waals surface area (Å²) in [5.41, 5.74) is -0.556. The standard InChI is InChI=1S/C7H5AsF3/c8-6-4-2-1-3-5(6)7(9,10)11/h1-4,8H. The van der Waals surface area contributed by atoms with E-state index in [0.717, 1.165) is 6.07 Å². The van der Waals surface area contributed by atoms with Gasteiger partial charge < -0.3 is 0 Å². The second-order valence-corrected chi connectivity index (χ2v) is 3.17. The molecule has 0 heterocycles. The van der Waals surface area contributed by atoms with Crippen molar-refractivity contribution in [3.8, 4) is 0 Å². The van der Waals surface area contributed by atoms with Crippen LogP contribution in [0.4, 0.5) is 13.2 Å². The normalized spacial score (nSPS) is 11.6. The van der Waals surface area contributed by atoms with Crippen LogP contribution in [-0.4, -0.2) is 16.9 Å². The molecule has 0 bridgehead atoms. The van der Waals surface area contributed by atoms with E-state index in [1.807, 2.05) is 0 Å². The summed E-state index contributed by atoms with van der Waals surface area (Å²) < 4.78 is 36.4. The summed E-state index contributed by atoms with van der Waals surface area (Å²) >= 11 is 1.45. The SMILES string of the molecule is FC(F)(F)c1ccccc1[AsH]. The minimum absolute atomic E-state index is 0.264. The predicted octanol–water partition coefficient (Wildman–Crippen LogP) is 1.23. The van der Waals surface area contributed by atoms with Gasteiger partial charge in [0.05, 0.1) is 0 Å². The Morgan fingerprint density at radius 2 is 1.64 bits per heavy atom. The zero-order chi connectivity index (χ0) is 8.48. The van der Waals surface area contributed by atoms with Gasteiger partial charge in [0.1, 0.15) is 0 Å². The molecule has 0 amide bonds. The first-order chi connectivity index (χ1) is 5.02.